The van der Waals surface area contributed by atoms with Gasteiger partial charge in [-0.2, -0.15) is 0 Å². The number of hydrazine groups is 1. The first kappa shape index (κ1) is 23.4. The van der Waals surface area contributed by atoms with E-state index in [-0.39, 0.29) is 37.2 Å². The first-order valence-electron chi connectivity index (χ1n) is 10.6. The Labute approximate surface area is 201 Å². The van der Waals surface area contributed by atoms with E-state index in [1.165, 1.54) is 19.2 Å². The molecular formula is C25H23ClFN3O4. The number of hydrogen-bond donors (Lipinski definition) is 2. The summed E-state index contributed by atoms with van der Waals surface area (Å²) in [7, 11) is 1.51. The molecule has 2 amide bonds. The van der Waals surface area contributed by atoms with Crippen LogP contribution in [0.5, 0.6) is 11.5 Å². The predicted octanol–water partition coefficient (Wildman–Crippen LogP) is 4.56. The van der Waals surface area contributed by atoms with E-state index >= 15 is 0 Å². The number of para-hydroxylation sites is 1. The highest BCUT2D eigenvalue weighted by Gasteiger charge is 2.35. The van der Waals surface area contributed by atoms with Crippen LogP contribution in [0.25, 0.3) is 0 Å². The molecule has 7 nitrogen and oxygen atoms in total. The molecule has 1 fully saturated rings. The third-order valence-electron chi connectivity index (χ3n) is 5.45. The molecule has 9 heteroatoms. The quantitative estimate of drug-likeness (QED) is 0.459. The number of hydrogen-bond acceptors (Lipinski definition) is 5. The lowest BCUT2D eigenvalue weighted by Crippen LogP contribution is -2.36. The normalized spacial score (nSPS) is 15.2. The van der Waals surface area contributed by atoms with E-state index < -0.39 is 5.92 Å². The monoisotopic (exact) mass is 483 g/mol. The summed E-state index contributed by atoms with van der Waals surface area (Å²) in [5.74, 6) is -0.452. The third-order valence-corrected chi connectivity index (χ3v) is 5.70. The minimum absolute atomic E-state index is 0.0994. The predicted molar refractivity (Wildman–Crippen MR) is 127 cm³/mol. The number of methoxy groups -OCH3 is 1. The standard InChI is InChI=1S/C25H23ClFN3O4/c1-33-22-4-2-3-21(24(22)34-15-16-5-9-19(27)10-6-16)28-29-25(32)17-13-23(31)30(14-17)20-11-7-18(26)8-12-20/h2-12,17,28H,13-15H2,1H3,(H,29,32)/t17-/m1/s1. The Bertz CT molecular complexity index is 1170. The molecule has 3 aromatic carbocycles. The van der Waals surface area contributed by atoms with E-state index in [4.69, 9.17) is 21.1 Å². The largest absolute Gasteiger partial charge is 0.493 e. The zero-order chi connectivity index (χ0) is 24.1. The van der Waals surface area contributed by atoms with Crippen LogP contribution in [0, 0.1) is 11.7 Å². The van der Waals surface area contributed by atoms with Gasteiger partial charge in [0, 0.05) is 23.7 Å². The van der Waals surface area contributed by atoms with Crippen molar-refractivity contribution in [3.05, 3.63) is 83.1 Å². The topological polar surface area (TPSA) is 79.9 Å². The van der Waals surface area contributed by atoms with Crippen LogP contribution in [0.15, 0.2) is 66.7 Å². The van der Waals surface area contributed by atoms with Crippen molar-refractivity contribution in [2.24, 2.45) is 5.92 Å². The van der Waals surface area contributed by atoms with Crippen molar-refractivity contribution in [2.75, 3.05) is 24.0 Å². The van der Waals surface area contributed by atoms with Crippen LogP contribution in [0.4, 0.5) is 15.8 Å². The van der Waals surface area contributed by atoms with Crippen molar-refractivity contribution in [1.29, 1.82) is 0 Å². The van der Waals surface area contributed by atoms with Gasteiger partial charge in [0.1, 0.15) is 12.4 Å². The van der Waals surface area contributed by atoms with E-state index in [1.54, 1.807) is 59.5 Å². The minimum atomic E-state index is -0.523. The van der Waals surface area contributed by atoms with Crippen molar-refractivity contribution in [3.8, 4) is 11.5 Å². The van der Waals surface area contributed by atoms with Crippen molar-refractivity contribution in [3.63, 3.8) is 0 Å². The molecule has 0 unspecified atom stereocenters. The van der Waals surface area contributed by atoms with Gasteiger partial charge in [0.2, 0.25) is 11.8 Å². The molecule has 34 heavy (non-hydrogen) atoms. The molecule has 1 atom stereocenters. The summed E-state index contributed by atoms with van der Waals surface area (Å²) in [5.41, 5.74) is 7.49. The highest BCUT2D eigenvalue weighted by molar-refractivity contribution is 6.30. The van der Waals surface area contributed by atoms with Gasteiger partial charge in [-0.1, -0.05) is 29.8 Å². The van der Waals surface area contributed by atoms with Crippen LogP contribution < -0.4 is 25.2 Å². The lowest BCUT2D eigenvalue weighted by Gasteiger charge is -2.19. The van der Waals surface area contributed by atoms with E-state index in [0.29, 0.717) is 27.9 Å². The van der Waals surface area contributed by atoms with Crippen LogP contribution in [0.3, 0.4) is 0 Å². The van der Waals surface area contributed by atoms with Gasteiger partial charge in [0.15, 0.2) is 11.5 Å². The highest BCUT2D eigenvalue weighted by Crippen LogP contribution is 2.35. The Balaban J connectivity index is 1.40. The van der Waals surface area contributed by atoms with Gasteiger partial charge in [-0.25, -0.2) is 4.39 Å². The van der Waals surface area contributed by atoms with Crippen molar-refractivity contribution < 1.29 is 23.5 Å². The van der Waals surface area contributed by atoms with Gasteiger partial charge >= 0.3 is 0 Å². The number of nitrogens with one attached hydrogen (secondary N) is 2. The molecule has 1 saturated heterocycles. The number of nitrogens with zero attached hydrogens (tertiary/aromatic N) is 1. The van der Waals surface area contributed by atoms with Crippen LogP contribution >= 0.6 is 11.6 Å². The second kappa shape index (κ2) is 10.4. The van der Waals surface area contributed by atoms with Gasteiger partial charge in [-0.15, -0.1) is 0 Å². The van der Waals surface area contributed by atoms with Crippen LogP contribution in [-0.4, -0.2) is 25.5 Å². The lowest BCUT2D eigenvalue weighted by atomic mass is 10.1. The van der Waals surface area contributed by atoms with Gasteiger partial charge in [-0.3, -0.25) is 20.4 Å². The summed E-state index contributed by atoms with van der Waals surface area (Å²) < 4.78 is 24.5. The molecule has 2 N–H and O–H groups in total. The average molecular weight is 484 g/mol. The molecule has 0 bridgehead atoms. The molecule has 1 aliphatic heterocycles. The molecule has 0 aromatic heterocycles. The molecule has 1 aliphatic rings. The lowest BCUT2D eigenvalue weighted by molar-refractivity contribution is -0.125. The van der Waals surface area contributed by atoms with Gasteiger partial charge in [0.25, 0.3) is 0 Å². The maximum atomic E-state index is 13.2. The Kier molecular flexibility index (Phi) is 7.18. The molecule has 0 saturated carbocycles. The Morgan fingerprint density at radius 2 is 1.85 bits per heavy atom. The zero-order valence-corrected chi connectivity index (χ0v) is 19.1. The molecule has 0 spiro atoms. The molecule has 176 valence electrons. The fourth-order valence-electron chi connectivity index (χ4n) is 3.64. The zero-order valence-electron chi connectivity index (χ0n) is 18.4. The molecule has 3 aromatic rings. The summed E-state index contributed by atoms with van der Waals surface area (Å²) in [6, 6.07) is 18.1. The highest BCUT2D eigenvalue weighted by atomic mass is 35.5. The number of halogens is 2. The van der Waals surface area contributed by atoms with Crippen LogP contribution in [0.2, 0.25) is 5.02 Å². The fraction of sp³-hybridized carbons (Fsp3) is 0.200. The fourth-order valence-corrected chi connectivity index (χ4v) is 3.77. The second-order valence-electron chi connectivity index (χ2n) is 7.75. The van der Waals surface area contributed by atoms with Crippen molar-refractivity contribution in [2.45, 2.75) is 13.0 Å². The van der Waals surface area contributed by atoms with Crippen LogP contribution in [-0.2, 0) is 16.2 Å². The average Bonchev–Trinajstić information content (AvgIpc) is 3.24. The number of benzene rings is 3. The van der Waals surface area contributed by atoms with E-state index in [0.717, 1.165) is 5.56 Å². The van der Waals surface area contributed by atoms with Crippen LogP contribution in [0.1, 0.15) is 12.0 Å². The van der Waals surface area contributed by atoms with Crippen molar-refractivity contribution >= 4 is 34.8 Å². The number of rotatable bonds is 8. The maximum Gasteiger partial charge on any atom is 0.243 e. The first-order valence-corrected chi connectivity index (χ1v) is 11.0. The van der Waals surface area contributed by atoms with Gasteiger partial charge < -0.3 is 14.4 Å². The van der Waals surface area contributed by atoms with Crippen molar-refractivity contribution in [1.82, 2.24) is 5.43 Å². The molecule has 1 heterocycles. The Morgan fingerprint density at radius 1 is 1.12 bits per heavy atom. The number of ether oxygens (including phenoxy) is 2. The number of carbonyl (C=O) groups excluding carboxylic acids is 2. The number of anilines is 2. The molecule has 0 aliphatic carbocycles. The van der Waals surface area contributed by atoms with E-state index in [1.807, 2.05) is 0 Å². The summed E-state index contributed by atoms with van der Waals surface area (Å²) in [6.45, 7) is 0.441. The smallest absolute Gasteiger partial charge is 0.243 e. The van der Waals surface area contributed by atoms with Gasteiger partial charge in [-0.05, 0) is 54.1 Å². The molecule has 0 radical (unpaired) electrons. The minimum Gasteiger partial charge on any atom is -0.493 e. The number of amides is 2. The summed E-state index contributed by atoms with van der Waals surface area (Å²) in [5, 5.41) is 0.574. The summed E-state index contributed by atoms with van der Waals surface area (Å²) in [4.78, 5) is 26.8. The SMILES string of the molecule is COc1cccc(NNC(=O)[C@@H]2CC(=O)N(c3ccc(Cl)cc3)C2)c1OCc1ccc(F)cc1. The van der Waals surface area contributed by atoms with Gasteiger partial charge in [0.05, 0.1) is 18.7 Å². The Hall–Kier alpha value is -3.78. The van der Waals surface area contributed by atoms with E-state index in [2.05, 4.69) is 10.9 Å². The molecular weight excluding hydrogens is 461 g/mol. The molecule has 4 rings (SSSR count). The Morgan fingerprint density at radius 3 is 2.56 bits per heavy atom. The summed E-state index contributed by atoms with van der Waals surface area (Å²) in [6.07, 6.45) is 0.0994. The third kappa shape index (κ3) is 5.40. The maximum absolute atomic E-state index is 13.2. The number of carbonyl (C=O) groups is 2. The van der Waals surface area contributed by atoms with E-state index in [9.17, 15) is 14.0 Å². The first-order chi connectivity index (χ1) is 16.4. The second-order valence-corrected chi connectivity index (χ2v) is 8.18. The summed E-state index contributed by atoms with van der Waals surface area (Å²) >= 11 is 5.92.